The number of nitrogens with one attached hydrogen (secondary N) is 3. The maximum atomic E-state index is 4.43. The van der Waals surface area contributed by atoms with Crippen LogP contribution in [-0.4, -0.2) is 29.3 Å². The molecule has 3 rings (SSSR count). The molecular formula is C16H22N4. The lowest BCUT2D eigenvalue weighted by Gasteiger charge is -2.10. The first-order valence-corrected chi connectivity index (χ1v) is 7.39. The quantitative estimate of drug-likeness (QED) is 0.800. The van der Waals surface area contributed by atoms with E-state index in [9.17, 15) is 0 Å². The second-order valence-electron chi connectivity index (χ2n) is 5.46. The Morgan fingerprint density at radius 2 is 2.10 bits per heavy atom. The first-order chi connectivity index (χ1) is 9.78. The van der Waals surface area contributed by atoms with Crippen molar-refractivity contribution in [3.63, 3.8) is 0 Å². The monoisotopic (exact) mass is 270 g/mol. The minimum Gasteiger partial charge on any atom is -0.364 e. The standard InChI is InChI=1S/C16H22N4/c1-3-12-4-6-13(7-5-12)15-11(2)16(20-19-15)18-14-8-9-17-10-14/h4-7,14,17H,3,8-10H2,1-2H3,(H2,18,19,20). The number of benzene rings is 1. The highest BCUT2D eigenvalue weighted by atomic mass is 15.2. The first kappa shape index (κ1) is 13.2. The minimum absolute atomic E-state index is 0.493. The second-order valence-corrected chi connectivity index (χ2v) is 5.46. The molecule has 1 unspecified atom stereocenters. The lowest BCUT2D eigenvalue weighted by atomic mass is 10.1. The predicted octanol–water partition coefficient (Wildman–Crippen LogP) is 2.72. The van der Waals surface area contributed by atoms with Gasteiger partial charge < -0.3 is 10.6 Å². The summed E-state index contributed by atoms with van der Waals surface area (Å²) in [6, 6.07) is 9.19. The van der Waals surface area contributed by atoms with Gasteiger partial charge in [-0.3, -0.25) is 5.10 Å². The van der Waals surface area contributed by atoms with Gasteiger partial charge in [0.25, 0.3) is 0 Å². The average molecular weight is 270 g/mol. The Balaban J connectivity index is 1.81. The first-order valence-electron chi connectivity index (χ1n) is 7.39. The molecule has 0 radical (unpaired) electrons. The van der Waals surface area contributed by atoms with Gasteiger partial charge in [0.2, 0.25) is 0 Å². The normalized spacial score (nSPS) is 18.4. The summed E-state index contributed by atoms with van der Waals surface area (Å²) in [6.07, 6.45) is 2.23. The highest BCUT2D eigenvalue weighted by Crippen LogP contribution is 2.26. The lowest BCUT2D eigenvalue weighted by molar-refractivity contribution is 0.785. The molecular weight excluding hydrogens is 248 g/mol. The van der Waals surface area contributed by atoms with Crippen molar-refractivity contribution < 1.29 is 0 Å². The van der Waals surface area contributed by atoms with Gasteiger partial charge in [0.05, 0.1) is 5.69 Å². The molecule has 3 N–H and O–H groups in total. The highest BCUT2D eigenvalue weighted by molar-refractivity contribution is 5.68. The molecule has 0 bridgehead atoms. The van der Waals surface area contributed by atoms with Gasteiger partial charge in [-0.1, -0.05) is 31.2 Å². The van der Waals surface area contributed by atoms with Crippen molar-refractivity contribution >= 4 is 5.82 Å². The summed E-state index contributed by atoms with van der Waals surface area (Å²) in [4.78, 5) is 0. The largest absolute Gasteiger partial charge is 0.364 e. The minimum atomic E-state index is 0.493. The Kier molecular flexibility index (Phi) is 3.74. The maximum absolute atomic E-state index is 4.43. The molecule has 1 aliphatic heterocycles. The molecule has 1 aromatic heterocycles. The van der Waals surface area contributed by atoms with E-state index >= 15 is 0 Å². The van der Waals surface area contributed by atoms with Crippen molar-refractivity contribution in [3.05, 3.63) is 35.4 Å². The molecule has 1 atom stereocenters. The smallest absolute Gasteiger partial charge is 0.151 e. The SMILES string of the molecule is CCc1ccc(-c2[nH]nc(NC3CCNC3)c2C)cc1. The van der Waals surface area contributed by atoms with Crippen LogP contribution in [-0.2, 0) is 6.42 Å². The number of anilines is 1. The van der Waals surface area contributed by atoms with E-state index in [4.69, 9.17) is 0 Å². The number of rotatable bonds is 4. The van der Waals surface area contributed by atoms with E-state index in [0.29, 0.717) is 6.04 Å². The number of nitrogens with zero attached hydrogens (tertiary/aromatic N) is 1. The second kappa shape index (κ2) is 5.67. The molecule has 4 nitrogen and oxygen atoms in total. The van der Waals surface area contributed by atoms with Crippen LogP contribution >= 0.6 is 0 Å². The summed E-state index contributed by atoms with van der Waals surface area (Å²) in [6.45, 7) is 6.41. The molecule has 1 fully saturated rings. The molecule has 2 aromatic rings. The summed E-state index contributed by atoms with van der Waals surface area (Å²) in [5.41, 5.74) is 4.87. The summed E-state index contributed by atoms with van der Waals surface area (Å²) in [7, 11) is 0. The third kappa shape index (κ3) is 2.56. The molecule has 0 spiro atoms. The van der Waals surface area contributed by atoms with E-state index < -0.39 is 0 Å². The zero-order valence-electron chi connectivity index (χ0n) is 12.2. The van der Waals surface area contributed by atoms with Crippen LogP contribution in [0.3, 0.4) is 0 Å². The fourth-order valence-corrected chi connectivity index (χ4v) is 2.70. The number of hydrogen-bond acceptors (Lipinski definition) is 3. The van der Waals surface area contributed by atoms with Gasteiger partial charge in [-0.2, -0.15) is 5.10 Å². The van der Waals surface area contributed by atoms with Crippen LogP contribution < -0.4 is 10.6 Å². The van der Waals surface area contributed by atoms with E-state index in [0.717, 1.165) is 37.4 Å². The predicted molar refractivity (Wildman–Crippen MR) is 83.0 cm³/mol. The third-order valence-electron chi connectivity index (χ3n) is 4.06. The van der Waals surface area contributed by atoms with E-state index in [1.54, 1.807) is 0 Å². The zero-order chi connectivity index (χ0) is 13.9. The van der Waals surface area contributed by atoms with Crippen LogP contribution in [0, 0.1) is 6.92 Å². The van der Waals surface area contributed by atoms with E-state index in [2.05, 4.69) is 58.9 Å². The Labute approximate surface area is 120 Å². The molecule has 0 aliphatic carbocycles. The Morgan fingerprint density at radius 1 is 1.30 bits per heavy atom. The molecule has 4 heteroatoms. The molecule has 0 saturated carbocycles. The Morgan fingerprint density at radius 3 is 2.75 bits per heavy atom. The Hall–Kier alpha value is -1.81. The highest BCUT2D eigenvalue weighted by Gasteiger charge is 2.17. The topological polar surface area (TPSA) is 52.7 Å². The number of aromatic nitrogens is 2. The number of aromatic amines is 1. The summed E-state index contributed by atoms with van der Waals surface area (Å²) < 4.78 is 0. The fraction of sp³-hybridized carbons (Fsp3) is 0.438. The van der Waals surface area contributed by atoms with Gasteiger partial charge in [0.1, 0.15) is 0 Å². The molecule has 1 aromatic carbocycles. The van der Waals surface area contributed by atoms with Gasteiger partial charge in [-0.05, 0) is 37.4 Å². The van der Waals surface area contributed by atoms with Crippen molar-refractivity contribution in [1.29, 1.82) is 0 Å². The fourth-order valence-electron chi connectivity index (χ4n) is 2.70. The van der Waals surface area contributed by atoms with Gasteiger partial charge in [0, 0.05) is 18.2 Å². The summed E-state index contributed by atoms with van der Waals surface area (Å²) in [5, 5.41) is 14.5. The van der Waals surface area contributed by atoms with Gasteiger partial charge >= 0.3 is 0 Å². The molecule has 1 saturated heterocycles. The summed E-state index contributed by atoms with van der Waals surface area (Å²) >= 11 is 0. The van der Waals surface area contributed by atoms with Crippen LogP contribution in [0.4, 0.5) is 5.82 Å². The van der Waals surface area contributed by atoms with Gasteiger partial charge in [-0.25, -0.2) is 0 Å². The van der Waals surface area contributed by atoms with Crippen molar-refractivity contribution in [2.75, 3.05) is 18.4 Å². The van der Waals surface area contributed by atoms with Crippen LogP contribution in [0.2, 0.25) is 0 Å². The number of H-pyrrole nitrogens is 1. The van der Waals surface area contributed by atoms with Crippen molar-refractivity contribution in [2.24, 2.45) is 0 Å². The lowest BCUT2D eigenvalue weighted by Crippen LogP contribution is -2.22. The van der Waals surface area contributed by atoms with Gasteiger partial charge in [0.15, 0.2) is 5.82 Å². The zero-order valence-corrected chi connectivity index (χ0v) is 12.2. The molecule has 20 heavy (non-hydrogen) atoms. The van der Waals surface area contributed by atoms with E-state index in [1.807, 2.05) is 0 Å². The average Bonchev–Trinajstić information content (AvgIpc) is 3.11. The molecule has 0 amide bonds. The van der Waals surface area contributed by atoms with Crippen molar-refractivity contribution in [1.82, 2.24) is 15.5 Å². The van der Waals surface area contributed by atoms with Crippen LogP contribution in [0.15, 0.2) is 24.3 Å². The van der Waals surface area contributed by atoms with Crippen molar-refractivity contribution in [2.45, 2.75) is 32.7 Å². The number of aryl methyl sites for hydroxylation is 1. The van der Waals surface area contributed by atoms with E-state index in [1.165, 1.54) is 16.7 Å². The van der Waals surface area contributed by atoms with Crippen LogP contribution in [0.25, 0.3) is 11.3 Å². The molecule has 1 aliphatic rings. The molecule has 2 heterocycles. The third-order valence-corrected chi connectivity index (χ3v) is 4.06. The maximum Gasteiger partial charge on any atom is 0.151 e. The Bertz CT molecular complexity index is 565. The number of hydrogen-bond donors (Lipinski definition) is 3. The van der Waals surface area contributed by atoms with E-state index in [-0.39, 0.29) is 0 Å². The molecule has 106 valence electrons. The van der Waals surface area contributed by atoms with Crippen LogP contribution in [0.1, 0.15) is 24.5 Å². The van der Waals surface area contributed by atoms with Crippen LogP contribution in [0.5, 0.6) is 0 Å². The summed E-state index contributed by atoms with van der Waals surface area (Å²) in [5.74, 6) is 0.980. The van der Waals surface area contributed by atoms with Crippen molar-refractivity contribution in [3.8, 4) is 11.3 Å². The van der Waals surface area contributed by atoms with Gasteiger partial charge in [-0.15, -0.1) is 0 Å².